The van der Waals surface area contributed by atoms with Crippen molar-refractivity contribution in [2.75, 3.05) is 13.2 Å². The smallest absolute Gasteiger partial charge is 0.226 e. The van der Waals surface area contributed by atoms with Gasteiger partial charge < -0.3 is 14.9 Å². The molecule has 2 aromatic rings. The molecule has 1 fully saturated rings. The van der Waals surface area contributed by atoms with Crippen LogP contribution in [0.3, 0.4) is 0 Å². The molecule has 2 aliphatic heterocycles. The molecule has 0 saturated carbocycles. The van der Waals surface area contributed by atoms with Crippen molar-refractivity contribution in [1.29, 1.82) is 0 Å². The van der Waals surface area contributed by atoms with Crippen molar-refractivity contribution in [1.82, 2.24) is 10.3 Å². The lowest BCUT2D eigenvalue weighted by atomic mass is 9.74. The Bertz CT molecular complexity index is 865. The molecule has 1 aromatic heterocycles. The van der Waals surface area contributed by atoms with Crippen molar-refractivity contribution >= 4 is 11.6 Å². The predicted molar refractivity (Wildman–Crippen MR) is 106 cm³/mol. The molecule has 1 atom stereocenters. The monoisotopic (exact) mass is 397 g/mol. The summed E-state index contributed by atoms with van der Waals surface area (Å²) in [7, 11) is 0. The molecule has 7 heteroatoms. The van der Waals surface area contributed by atoms with E-state index in [2.05, 4.69) is 15.5 Å². The third-order valence-corrected chi connectivity index (χ3v) is 5.64. The van der Waals surface area contributed by atoms with E-state index in [9.17, 15) is 9.18 Å². The molecular formula is C22H24FN3O3. The predicted octanol–water partition coefficient (Wildman–Crippen LogP) is 3.22. The molecule has 152 valence electrons. The third kappa shape index (κ3) is 4.62. The summed E-state index contributed by atoms with van der Waals surface area (Å²) in [4.78, 5) is 22.9. The van der Waals surface area contributed by atoms with E-state index in [-0.39, 0.29) is 17.8 Å². The van der Waals surface area contributed by atoms with Gasteiger partial charge in [-0.3, -0.25) is 9.78 Å². The minimum atomic E-state index is -0.543. The van der Waals surface area contributed by atoms with Crippen LogP contribution in [0.5, 0.6) is 0 Å². The SMILES string of the molecule is O=C(NCc1cccnc1)C1(C[C@@H]2CC(c3ccc(F)cc3)=NO2)CCOCC1. The second kappa shape index (κ2) is 8.69. The van der Waals surface area contributed by atoms with Crippen molar-refractivity contribution in [2.45, 2.75) is 38.3 Å². The van der Waals surface area contributed by atoms with Gasteiger partial charge in [0.15, 0.2) is 0 Å². The van der Waals surface area contributed by atoms with Crippen molar-refractivity contribution in [3.05, 3.63) is 65.7 Å². The first-order chi connectivity index (χ1) is 14.1. The molecule has 1 amide bonds. The summed E-state index contributed by atoms with van der Waals surface area (Å²) in [6, 6.07) is 10.0. The van der Waals surface area contributed by atoms with Gasteiger partial charge in [-0.1, -0.05) is 23.4 Å². The van der Waals surface area contributed by atoms with Crippen molar-refractivity contribution in [3.8, 4) is 0 Å². The maximum Gasteiger partial charge on any atom is 0.226 e. The van der Waals surface area contributed by atoms with Crippen molar-refractivity contribution in [3.63, 3.8) is 0 Å². The lowest BCUT2D eigenvalue weighted by Gasteiger charge is -2.37. The second-order valence-corrected chi connectivity index (χ2v) is 7.62. The van der Waals surface area contributed by atoms with Gasteiger partial charge >= 0.3 is 0 Å². The highest BCUT2D eigenvalue weighted by Crippen LogP contribution is 2.38. The molecule has 0 bridgehead atoms. The van der Waals surface area contributed by atoms with Crippen LogP contribution < -0.4 is 5.32 Å². The van der Waals surface area contributed by atoms with Gasteiger partial charge in [0, 0.05) is 45.0 Å². The first-order valence-corrected chi connectivity index (χ1v) is 9.88. The third-order valence-electron chi connectivity index (χ3n) is 5.64. The van der Waals surface area contributed by atoms with E-state index in [1.807, 2.05) is 12.1 Å². The fraction of sp³-hybridized carbons (Fsp3) is 0.409. The molecular weight excluding hydrogens is 373 g/mol. The van der Waals surface area contributed by atoms with Crippen LogP contribution in [0.15, 0.2) is 53.9 Å². The summed E-state index contributed by atoms with van der Waals surface area (Å²) in [5.74, 6) is -0.264. The molecule has 0 spiro atoms. The minimum Gasteiger partial charge on any atom is -0.392 e. The van der Waals surface area contributed by atoms with Gasteiger partial charge in [-0.15, -0.1) is 0 Å². The average molecular weight is 397 g/mol. The zero-order valence-corrected chi connectivity index (χ0v) is 16.1. The van der Waals surface area contributed by atoms with Gasteiger partial charge in [0.1, 0.15) is 11.9 Å². The summed E-state index contributed by atoms with van der Waals surface area (Å²) in [6.07, 6.45) is 5.75. The Hall–Kier alpha value is -2.80. The lowest BCUT2D eigenvalue weighted by Crippen LogP contribution is -2.46. The van der Waals surface area contributed by atoms with E-state index in [0.29, 0.717) is 45.4 Å². The Morgan fingerprint density at radius 1 is 1.21 bits per heavy atom. The van der Waals surface area contributed by atoms with Crippen LogP contribution in [0.2, 0.25) is 0 Å². The average Bonchev–Trinajstić information content (AvgIpc) is 3.22. The number of ether oxygens (including phenoxy) is 1. The zero-order chi connectivity index (χ0) is 20.1. The number of carbonyl (C=O) groups excluding carboxylic acids is 1. The van der Waals surface area contributed by atoms with E-state index >= 15 is 0 Å². The topological polar surface area (TPSA) is 72.8 Å². The number of oxime groups is 1. The van der Waals surface area contributed by atoms with E-state index in [1.165, 1.54) is 12.1 Å². The number of aromatic nitrogens is 1. The Morgan fingerprint density at radius 3 is 2.72 bits per heavy atom. The Labute approximate surface area is 169 Å². The highest BCUT2D eigenvalue weighted by Gasteiger charge is 2.43. The summed E-state index contributed by atoms with van der Waals surface area (Å²) >= 11 is 0. The van der Waals surface area contributed by atoms with E-state index in [4.69, 9.17) is 9.57 Å². The van der Waals surface area contributed by atoms with E-state index < -0.39 is 5.41 Å². The number of hydrogen-bond acceptors (Lipinski definition) is 5. The van der Waals surface area contributed by atoms with Crippen LogP contribution in [0.1, 0.15) is 36.8 Å². The summed E-state index contributed by atoms with van der Waals surface area (Å²) in [5.41, 5.74) is 2.05. The maximum atomic E-state index is 13.2. The fourth-order valence-electron chi connectivity index (χ4n) is 3.94. The number of pyridine rings is 1. The van der Waals surface area contributed by atoms with E-state index in [0.717, 1.165) is 16.8 Å². The van der Waals surface area contributed by atoms with Gasteiger partial charge in [-0.2, -0.15) is 0 Å². The van der Waals surface area contributed by atoms with Gasteiger partial charge in [0.05, 0.1) is 11.1 Å². The number of benzene rings is 1. The molecule has 4 rings (SSSR count). The van der Waals surface area contributed by atoms with Gasteiger partial charge in [0.25, 0.3) is 0 Å². The standard InChI is InChI=1S/C22H24FN3O3/c23-18-5-3-17(4-6-18)20-12-19(29-26-20)13-22(7-10-28-11-8-22)21(27)25-15-16-2-1-9-24-14-16/h1-6,9,14,19H,7-8,10-13,15H2,(H,25,27)/t19-/m0/s1. The molecule has 6 nitrogen and oxygen atoms in total. The summed E-state index contributed by atoms with van der Waals surface area (Å²) in [6.45, 7) is 1.55. The van der Waals surface area contributed by atoms with Crippen molar-refractivity contribution in [2.24, 2.45) is 10.6 Å². The molecule has 1 N–H and O–H groups in total. The molecule has 1 saturated heterocycles. The number of nitrogens with zero attached hydrogens (tertiary/aromatic N) is 2. The molecule has 1 aromatic carbocycles. The number of carbonyl (C=O) groups is 1. The second-order valence-electron chi connectivity index (χ2n) is 7.62. The normalized spacial score (nSPS) is 20.6. The first-order valence-electron chi connectivity index (χ1n) is 9.88. The van der Waals surface area contributed by atoms with Crippen LogP contribution in [-0.4, -0.2) is 35.9 Å². The van der Waals surface area contributed by atoms with E-state index in [1.54, 1.807) is 24.5 Å². The molecule has 29 heavy (non-hydrogen) atoms. The molecule has 0 radical (unpaired) electrons. The maximum absolute atomic E-state index is 13.2. The lowest BCUT2D eigenvalue weighted by molar-refractivity contribution is -0.140. The zero-order valence-electron chi connectivity index (χ0n) is 16.1. The van der Waals surface area contributed by atoms with Crippen LogP contribution >= 0.6 is 0 Å². The van der Waals surface area contributed by atoms with Gasteiger partial charge in [0.2, 0.25) is 5.91 Å². The summed E-state index contributed by atoms with van der Waals surface area (Å²) < 4.78 is 18.7. The first kappa shape index (κ1) is 19.5. The number of nitrogens with one attached hydrogen (secondary N) is 1. The minimum absolute atomic E-state index is 0.0171. The molecule has 0 unspecified atom stereocenters. The van der Waals surface area contributed by atoms with Crippen LogP contribution in [0, 0.1) is 11.2 Å². The molecule has 0 aliphatic carbocycles. The number of amides is 1. The summed E-state index contributed by atoms with van der Waals surface area (Å²) in [5, 5.41) is 7.25. The highest BCUT2D eigenvalue weighted by atomic mass is 19.1. The molecule has 3 heterocycles. The number of rotatable bonds is 6. The van der Waals surface area contributed by atoms with Crippen LogP contribution in [-0.2, 0) is 20.9 Å². The van der Waals surface area contributed by atoms with Crippen molar-refractivity contribution < 1.29 is 18.8 Å². The highest BCUT2D eigenvalue weighted by molar-refractivity contribution is 6.01. The Kier molecular flexibility index (Phi) is 5.85. The van der Waals surface area contributed by atoms with Crippen LogP contribution in [0.25, 0.3) is 0 Å². The fourth-order valence-corrected chi connectivity index (χ4v) is 3.94. The molecule has 2 aliphatic rings. The number of halogens is 1. The largest absolute Gasteiger partial charge is 0.392 e. The van der Waals surface area contributed by atoms with Crippen LogP contribution in [0.4, 0.5) is 4.39 Å². The number of hydrogen-bond donors (Lipinski definition) is 1. The Balaban J connectivity index is 1.40. The van der Waals surface area contributed by atoms with Gasteiger partial charge in [-0.25, -0.2) is 4.39 Å². The van der Waals surface area contributed by atoms with Gasteiger partial charge in [-0.05, 0) is 42.2 Å². The Morgan fingerprint density at radius 2 is 2.00 bits per heavy atom. The quantitative estimate of drug-likeness (QED) is 0.812.